The van der Waals surface area contributed by atoms with Gasteiger partial charge in [-0.05, 0) is 31.4 Å². The van der Waals surface area contributed by atoms with Crippen molar-refractivity contribution < 1.29 is 14.3 Å². The Labute approximate surface area is 142 Å². The van der Waals surface area contributed by atoms with Crippen LogP contribution >= 0.6 is 0 Å². The number of piperazine rings is 1. The minimum Gasteiger partial charge on any atom is -0.447 e. The largest absolute Gasteiger partial charge is 0.447 e. The van der Waals surface area contributed by atoms with E-state index in [1.165, 1.54) is 19.3 Å². The fraction of sp³-hybridized carbons (Fsp3) is 0.556. The molecule has 1 aromatic carbocycles. The van der Waals surface area contributed by atoms with Crippen molar-refractivity contribution in [2.75, 3.05) is 44.2 Å². The second-order valence-corrected chi connectivity index (χ2v) is 6.74. The van der Waals surface area contributed by atoms with Crippen LogP contribution in [0.2, 0.25) is 0 Å². The van der Waals surface area contributed by atoms with Gasteiger partial charge in [-0.25, -0.2) is 4.79 Å². The number of cyclic esters (lactones) is 1. The SMILES string of the molecule is O=C(c1ccccc1N1CCCCC1)N1CCN2C(=O)OCC2C1. The highest BCUT2D eigenvalue weighted by atomic mass is 16.6. The summed E-state index contributed by atoms with van der Waals surface area (Å²) in [5.41, 5.74) is 1.82. The van der Waals surface area contributed by atoms with Crippen LogP contribution in [0.1, 0.15) is 29.6 Å². The molecule has 0 radical (unpaired) electrons. The third kappa shape index (κ3) is 2.70. The maximum Gasteiger partial charge on any atom is 0.410 e. The molecule has 0 spiro atoms. The summed E-state index contributed by atoms with van der Waals surface area (Å²) in [6, 6.07) is 7.91. The first kappa shape index (κ1) is 15.3. The summed E-state index contributed by atoms with van der Waals surface area (Å²) >= 11 is 0. The van der Waals surface area contributed by atoms with Crippen molar-refractivity contribution in [1.29, 1.82) is 0 Å². The third-order valence-corrected chi connectivity index (χ3v) is 5.23. The lowest BCUT2D eigenvalue weighted by atomic mass is 10.1. The summed E-state index contributed by atoms with van der Waals surface area (Å²) in [4.78, 5) is 30.6. The van der Waals surface area contributed by atoms with E-state index in [9.17, 15) is 9.59 Å². The predicted molar refractivity (Wildman–Crippen MR) is 90.3 cm³/mol. The van der Waals surface area contributed by atoms with Crippen LogP contribution in [0.15, 0.2) is 24.3 Å². The second kappa shape index (κ2) is 6.34. The molecular weight excluding hydrogens is 306 g/mol. The monoisotopic (exact) mass is 329 g/mol. The molecule has 0 saturated carbocycles. The molecule has 1 unspecified atom stereocenters. The Bertz CT molecular complexity index is 642. The Morgan fingerprint density at radius 3 is 2.67 bits per heavy atom. The Kier molecular flexibility index (Phi) is 4.04. The summed E-state index contributed by atoms with van der Waals surface area (Å²) in [5, 5.41) is 0. The third-order valence-electron chi connectivity index (χ3n) is 5.23. The van der Waals surface area contributed by atoms with Crippen molar-refractivity contribution >= 4 is 17.7 Å². The van der Waals surface area contributed by atoms with Gasteiger partial charge in [-0.2, -0.15) is 0 Å². The highest BCUT2D eigenvalue weighted by molar-refractivity contribution is 6.00. The quantitative estimate of drug-likeness (QED) is 0.832. The maximum absolute atomic E-state index is 13.1. The fourth-order valence-electron chi connectivity index (χ4n) is 3.91. The van der Waals surface area contributed by atoms with Crippen LogP contribution in [-0.2, 0) is 4.74 Å². The predicted octanol–water partition coefficient (Wildman–Crippen LogP) is 1.95. The van der Waals surface area contributed by atoms with Gasteiger partial charge in [-0.3, -0.25) is 9.69 Å². The summed E-state index contributed by atoms with van der Waals surface area (Å²) in [6.45, 7) is 4.10. The smallest absolute Gasteiger partial charge is 0.410 e. The number of hydrogen-bond donors (Lipinski definition) is 0. The zero-order valence-corrected chi connectivity index (χ0v) is 13.8. The zero-order valence-electron chi connectivity index (χ0n) is 13.8. The number of para-hydroxylation sites is 1. The highest BCUT2D eigenvalue weighted by Crippen LogP contribution is 2.27. The molecule has 3 aliphatic heterocycles. The number of fused-ring (bicyclic) bond motifs is 1. The molecule has 1 atom stereocenters. The standard InChI is InChI=1S/C18H23N3O3/c22-17(20-10-11-21-14(12-20)13-24-18(21)23)15-6-2-3-7-16(15)19-8-4-1-5-9-19/h2-3,6-7,14H,1,4-5,8-13H2. The molecule has 3 saturated heterocycles. The van der Waals surface area contributed by atoms with Gasteiger partial charge in [0.1, 0.15) is 6.61 Å². The van der Waals surface area contributed by atoms with Crippen LogP contribution in [0.25, 0.3) is 0 Å². The minimum atomic E-state index is -0.249. The molecule has 128 valence electrons. The van der Waals surface area contributed by atoms with E-state index in [4.69, 9.17) is 4.74 Å². The van der Waals surface area contributed by atoms with E-state index in [1.807, 2.05) is 23.1 Å². The van der Waals surface area contributed by atoms with Crippen molar-refractivity contribution in [3.05, 3.63) is 29.8 Å². The van der Waals surface area contributed by atoms with Crippen molar-refractivity contribution in [2.24, 2.45) is 0 Å². The average Bonchev–Trinajstić information content (AvgIpc) is 3.02. The number of amides is 2. The Morgan fingerprint density at radius 1 is 1.04 bits per heavy atom. The molecule has 3 heterocycles. The highest BCUT2D eigenvalue weighted by Gasteiger charge is 2.39. The van der Waals surface area contributed by atoms with E-state index in [-0.39, 0.29) is 18.0 Å². The Hall–Kier alpha value is -2.24. The van der Waals surface area contributed by atoms with E-state index >= 15 is 0 Å². The molecule has 6 nitrogen and oxygen atoms in total. The van der Waals surface area contributed by atoms with Crippen molar-refractivity contribution in [1.82, 2.24) is 9.80 Å². The number of carbonyl (C=O) groups is 2. The summed E-state index contributed by atoms with van der Waals surface area (Å²) in [5.74, 6) is 0.0650. The van der Waals surface area contributed by atoms with Gasteiger partial charge in [0.25, 0.3) is 5.91 Å². The zero-order chi connectivity index (χ0) is 16.5. The second-order valence-electron chi connectivity index (χ2n) is 6.74. The van der Waals surface area contributed by atoms with Crippen LogP contribution in [0, 0.1) is 0 Å². The lowest BCUT2D eigenvalue weighted by Crippen LogP contribution is -2.53. The molecule has 3 fully saturated rings. The van der Waals surface area contributed by atoms with E-state index < -0.39 is 0 Å². The summed E-state index contributed by atoms with van der Waals surface area (Å²) < 4.78 is 5.09. The average molecular weight is 329 g/mol. The van der Waals surface area contributed by atoms with Gasteiger partial charge in [-0.15, -0.1) is 0 Å². The molecule has 0 N–H and O–H groups in total. The van der Waals surface area contributed by atoms with Gasteiger partial charge in [0.15, 0.2) is 0 Å². The van der Waals surface area contributed by atoms with Crippen LogP contribution in [0.5, 0.6) is 0 Å². The Balaban J connectivity index is 1.53. The van der Waals surface area contributed by atoms with Gasteiger partial charge in [0, 0.05) is 38.4 Å². The molecule has 0 aliphatic carbocycles. The topological polar surface area (TPSA) is 53.1 Å². The fourth-order valence-corrected chi connectivity index (χ4v) is 3.91. The number of nitrogens with zero attached hydrogens (tertiary/aromatic N) is 3. The van der Waals surface area contributed by atoms with Crippen LogP contribution in [-0.4, -0.2) is 67.2 Å². The molecule has 4 rings (SSSR count). The van der Waals surface area contributed by atoms with E-state index in [0.717, 1.165) is 24.3 Å². The number of rotatable bonds is 2. The van der Waals surface area contributed by atoms with Gasteiger partial charge in [0.2, 0.25) is 0 Å². The first-order valence-electron chi connectivity index (χ1n) is 8.81. The molecular formula is C18H23N3O3. The molecule has 0 bridgehead atoms. The van der Waals surface area contributed by atoms with Crippen LogP contribution in [0.3, 0.4) is 0 Å². The van der Waals surface area contributed by atoms with E-state index in [0.29, 0.717) is 26.2 Å². The number of carbonyl (C=O) groups excluding carboxylic acids is 2. The lowest BCUT2D eigenvalue weighted by molar-refractivity contribution is 0.0617. The summed E-state index contributed by atoms with van der Waals surface area (Å²) in [6.07, 6.45) is 3.39. The molecule has 3 aliphatic rings. The molecule has 6 heteroatoms. The van der Waals surface area contributed by atoms with Crippen LogP contribution < -0.4 is 4.90 Å². The van der Waals surface area contributed by atoms with E-state index in [1.54, 1.807) is 4.90 Å². The number of anilines is 1. The number of ether oxygens (including phenoxy) is 1. The van der Waals surface area contributed by atoms with Crippen molar-refractivity contribution in [2.45, 2.75) is 25.3 Å². The first-order chi connectivity index (χ1) is 11.7. The number of piperidine rings is 1. The molecule has 24 heavy (non-hydrogen) atoms. The normalized spacial score (nSPS) is 23.9. The number of hydrogen-bond acceptors (Lipinski definition) is 4. The molecule has 0 aromatic heterocycles. The van der Waals surface area contributed by atoms with Crippen molar-refractivity contribution in [3.63, 3.8) is 0 Å². The first-order valence-corrected chi connectivity index (χ1v) is 8.81. The van der Waals surface area contributed by atoms with Gasteiger partial charge < -0.3 is 14.5 Å². The van der Waals surface area contributed by atoms with Crippen molar-refractivity contribution in [3.8, 4) is 0 Å². The summed E-state index contributed by atoms with van der Waals surface area (Å²) in [7, 11) is 0. The van der Waals surface area contributed by atoms with Crippen LogP contribution in [0.4, 0.5) is 10.5 Å². The van der Waals surface area contributed by atoms with Gasteiger partial charge in [0.05, 0.1) is 11.6 Å². The van der Waals surface area contributed by atoms with E-state index in [2.05, 4.69) is 11.0 Å². The maximum atomic E-state index is 13.1. The number of benzene rings is 1. The molecule has 2 amide bonds. The van der Waals surface area contributed by atoms with Gasteiger partial charge in [-0.1, -0.05) is 12.1 Å². The lowest BCUT2D eigenvalue weighted by Gasteiger charge is -2.36. The minimum absolute atomic E-state index is 0.00245. The van der Waals surface area contributed by atoms with Gasteiger partial charge >= 0.3 is 6.09 Å². The molecule has 1 aromatic rings. The Morgan fingerprint density at radius 2 is 1.83 bits per heavy atom.